The van der Waals surface area contributed by atoms with Crippen molar-refractivity contribution in [3.8, 4) is 5.75 Å². The summed E-state index contributed by atoms with van der Waals surface area (Å²) in [6, 6.07) is 2.41. The molecule has 6 heteroatoms. The number of ether oxygens (including phenoxy) is 1. The number of hydrogen-bond donors (Lipinski definition) is 0. The molecule has 2 rings (SSSR count). The van der Waals surface area contributed by atoms with Gasteiger partial charge in [0.1, 0.15) is 17.4 Å². The third kappa shape index (κ3) is 3.78. The van der Waals surface area contributed by atoms with Gasteiger partial charge >= 0.3 is 0 Å². The quantitative estimate of drug-likeness (QED) is 0.821. The fraction of sp³-hybridized carbons (Fsp3) is 0.400. The first-order chi connectivity index (χ1) is 10.0. The van der Waals surface area contributed by atoms with Crippen molar-refractivity contribution in [3.05, 3.63) is 47.3 Å². The molecular formula is C15H19F2N3O. The van der Waals surface area contributed by atoms with E-state index in [2.05, 4.69) is 5.10 Å². The molecular weight excluding hydrogens is 276 g/mol. The second kappa shape index (κ2) is 6.67. The van der Waals surface area contributed by atoms with Crippen molar-refractivity contribution in [3.63, 3.8) is 0 Å². The number of aryl methyl sites for hydroxylation is 1. The van der Waals surface area contributed by atoms with E-state index in [0.29, 0.717) is 13.1 Å². The number of benzene rings is 1. The third-order valence-corrected chi connectivity index (χ3v) is 3.34. The molecule has 0 aliphatic rings. The van der Waals surface area contributed by atoms with Crippen molar-refractivity contribution in [1.82, 2.24) is 14.7 Å². The van der Waals surface area contributed by atoms with Crippen LogP contribution in [0.5, 0.6) is 5.75 Å². The maximum absolute atomic E-state index is 14.0. The van der Waals surface area contributed by atoms with Gasteiger partial charge in [0.05, 0.1) is 13.3 Å². The second-order valence-electron chi connectivity index (χ2n) is 4.90. The van der Waals surface area contributed by atoms with Gasteiger partial charge in [-0.15, -0.1) is 0 Å². The molecule has 0 N–H and O–H groups in total. The minimum Gasteiger partial charge on any atom is -0.497 e. The molecule has 0 unspecified atom stereocenters. The summed E-state index contributed by atoms with van der Waals surface area (Å²) >= 11 is 0. The van der Waals surface area contributed by atoms with Gasteiger partial charge in [0.2, 0.25) is 0 Å². The lowest BCUT2D eigenvalue weighted by Gasteiger charge is -2.20. The minimum absolute atomic E-state index is 0.0570. The van der Waals surface area contributed by atoms with E-state index >= 15 is 0 Å². The highest BCUT2D eigenvalue weighted by Gasteiger charge is 2.15. The van der Waals surface area contributed by atoms with Gasteiger partial charge in [-0.05, 0) is 6.54 Å². The number of hydrogen-bond acceptors (Lipinski definition) is 3. The normalized spacial score (nSPS) is 11.1. The van der Waals surface area contributed by atoms with Crippen molar-refractivity contribution in [2.24, 2.45) is 7.05 Å². The van der Waals surface area contributed by atoms with Crippen molar-refractivity contribution < 1.29 is 13.5 Å². The summed E-state index contributed by atoms with van der Waals surface area (Å²) in [6.45, 7) is 3.43. The van der Waals surface area contributed by atoms with Crippen LogP contribution in [0.2, 0.25) is 0 Å². The van der Waals surface area contributed by atoms with E-state index in [0.717, 1.165) is 5.56 Å². The standard InChI is InChI=1S/C15H19F2N3O/c1-4-20(9-11-7-18-19(2)8-11)10-13-14(16)5-12(21-3)6-15(13)17/h5-8H,4,9-10H2,1-3H3. The Hall–Kier alpha value is -1.95. The molecule has 0 saturated heterocycles. The molecule has 0 bridgehead atoms. The Bertz CT molecular complexity index is 590. The molecule has 4 nitrogen and oxygen atoms in total. The fourth-order valence-electron chi connectivity index (χ4n) is 2.16. The van der Waals surface area contributed by atoms with Gasteiger partial charge in [-0.2, -0.15) is 5.10 Å². The van der Waals surface area contributed by atoms with Crippen LogP contribution in [0.4, 0.5) is 8.78 Å². The van der Waals surface area contributed by atoms with Gasteiger partial charge in [0.25, 0.3) is 0 Å². The fourth-order valence-corrected chi connectivity index (χ4v) is 2.16. The van der Waals surface area contributed by atoms with Crippen LogP contribution < -0.4 is 4.74 Å². The van der Waals surface area contributed by atoms with E-state index in [-0.39, 0.29) is 17.9 Å². The monoisotopic (exact) mass is 295 g/mol. The zero-order valence-corrected chi connectivity index (χ0v) is 12.4. The summed E-state index contributed by atoms with van der Waals surface area (Å²) in [5, 5.41) is 4.09. The van der Waals surface area contributed by atoms with Crippen LogP contribution in [0, 0.1) is 11.6 Å². The van der Waals surface area contributed by atoms with Gasteiger partial charge in [0, 0.05) is 49.6 Å². The lowest BCUT2D eigenvalue weighted by atomic mass is 10.1. The maximum atomic E-state index is 14.0. The molecule has 0 amide bonds. The lowest BCUT2D eigenvalue weighted by Crippen LogP contribution is -2.23. The second-order valence-corrected chi connectivity index (χ2v) is 4.90. The van der Waals surface area contributed by atoms with Gasteiger partial charge in [-0.3, -0.25) is 9.58 Å². The van der Waals surface area contributed by atoms with Crippen LogP contribution >= 0.6 is 0 Å². The van der Waals surface area contributed by atoms with Crippen LogP contribution in [0.1, 0.15) is 18.1 Å². The van der Waals surface area contributed by atoms with Crippen LogP contribution in [-0.4, -0.2) is 28.3 Å². The van der Waals surface area contributed by atoms with E-state index in [4.69, 9.17) is 4.74 Å². The Morgan fingerprint density at radius 2 is 1.90 bits per heavy atom. The summed E-state index contributed by atoms with van der Waals surface area (Å²) < 4.78 is 34.5. The summed E-state index contributed by atoms with van der Waals surface area (Å²) in [6.07, 6.45) is 3.65. The molecule has 114 valence electrons. The van der Waals surface area contributed by atoms with Gasteiger partial charge in [-0.1, -0.05) is 6.92 Å². The average Bonchev–Trinajstić information content (AvgIpc) is 2.86. The molecule has 0 fully saturated rings. The Balaban J connectivity index is 2.15. The molecule has 0 atom stereocenters. The van der Waals surface area contributed by atoms with Crippen LogP contribution in [0.15, 0.2) is 24.5 Å². The number of nitrogens with zero attached hydrogens (tertiary/aromatic N) is 3. The minimum atomic E-state index is -0.587. The van der Waals surface area contributed by atoms with E-state index in [1.165, 1.54) is 19.2 Å². The van der Waals surface area contributed by atoms with Crippen molar-refractivity contribution >= 4 is 0 Å². The molecule has 0 aliphatic carbocycles. The maximum Gasteiger partial charge on any atom is 0.134 e. The lowest BCUT2D eigenvalue weighted by molar-refractivity contribution is 0.262. The Morgan fingerprint density at radius 1 is 1.24 bits per heavy atom. The molecule has 0 radical (unpaired) electrons. The molecule has 21 heavy (non-hydrogen) atoms. The number of methoxy groups -OCH3 is 1. The summed E-state index contributed by atoms with van der Waals surface area (Å²) in [5.41, 5.74) is 1.07. The third-order valence-electron chi connectivity index (χ3n) is 3.34. The Labute approximate surface area is 122 Å². The van der Waals surface area contributed by atoms with E-state index in [1.54, 1.807) is 10.9 Å². The molecule has 1 heterocycles. The van der Waals surface area contributed by atoms with Gasteiger partial charge in [-0.25, -0.2) is 8.78 Å². The Kier molecular flexibility index (Phi) is 4.90. The number of halogens is 2. The average molecular weight is 295 g/mol. The van der Waals surface area contributed by atoms with E-state index in [9.17, 15) is 8.78 Å². The summed E-state index contributed by atoms with van der Waals surface area (Å²) in [7, 11) is 3.22. The Morgan fingerprint density at radius 3 is 2.38 bits per heavy atom. The summed E-state index contributed by atoms with van der Waals surface area (Å²) in [5.74, 6) is -0.989. The van der Waals surface area contributed by atoms with Crippen molar-refractivity contribution in [2.75, 3.05) is 13.7 Å². The first-order valence-electron chi connectivity index (χ1n) is 6.75. The molecule has 0 saturated carbocycles. The highest BCUT2D eigenvalue weighted by atomic mass is 19.1. The van der Waals surface area contributed by atoms with Gasteiger partial charge < -0.3 is 4.74 Å². The highest BCUT2D eigenvalue weighted by Crippen LogP contribution is 2.22. The molecule has 0 spiro atoms. The van der Waals surface area contributed by atoms with Gasteiger partial charge in [0.15, 0.2) is 0 Å². The molecule has 2 aromatic rings. The first kappa shape index (κ1) is 15.4. The van der Waals surface area contributed by atoms with Crippen LogP contribution in [0.3, 0.4) is 0 Å². The number of aromatic nitrogens is 2. The molecule has 1 aromatic carbocycles. The topological polar surface area (TPSA) is 30.3 Å². The van der Waals surface area contributed by atoms with Crippen LogP contribution in [0.25, 0.3) is 0 Å². The number of rotatable bonds is 6. The predicted octanol–water partition coefficient (Wildman–Crippen LogP) is 2.73. The van der Waals surface area contributed by atoms with E-state index in [1.807, 2.05) is 25.1 Å². The molecule has 0 aliphatic heterocycles. The highest BCUT2D eigenvalue weighted by molar-refractivity contribution is 5.30. The van der Waals surface area contributed by atoms with Crippen molar-refractivity contribution in [2.45, 2.75) is 20.0 Å². The SMILES string of the molecule is CCN(Cc1cnn(C)c1)Cc1c(F)cc(OC)cc1F. The zero-order valence-electron chi connectivity index (χ0n) is 12.4. The van der Waals surface area contributed by atoms with Crippen LogP contribution in [-0.2, 0) is 20.1 Å². The predicted molar refractivity (Wildman–Crippen MR) is 75.9 cm³/mol. The van der Waals surface area contributed by atoms with E-state index < -0.39 is 11.6 Å². The molecule has 1 aromatic heterocycles. The smallest absolute Gasteiger partial charge is 0.134 e. The summed E-state index contributed by atoms with van der Waals surface area (Å²) in [4.78, 5) is 1.95. The largest absolute Gasteiger partial charge is 0.497 e. The zero-order chi connectivity index (χ0) is 15.4. The van der Waals surface area contributed by atoms with Crippen molar-refractivity contribution in [1.29, 1.82) is 0 Å². The first-order valence-corrected chi connectivity index (χ1v) is 6.75.